The molecule has 0 aliphatic carbocycles. The summed E-state index contributed by atoms with van der Waals surface area (Å²) in [5.41, 5.74) is 5.65. The van der Waals surface area contributed by atoms with E-state index in [1.54, 1.807) is 0 Å². The van der Waals surface area contributed by atoms with E-state index in [1.165, 1.54) is 22.3 Å². The van der Waals surface area contributed by atoms with Crippen LogP contribution in [0.25, 0.3) is 0 Å². The molecule has 3 rings (SSSR count). The Kier molecular flexibility index (Phi) is 4.72. The van der Waals surface area contributed by atoms with Gasteiger partial charge in [-0.3, -0.25) is 0 Å². The van der Waals surface area contributed by atoms with Crippen LogP contribution in [0.4, 0.5) is 5.69 Å². The molecule has 1 aliphatic heterocycles. The molecule has 0 aromatic heterocycles. The number of fused-ring (bicyclic) bond motifs is 1. The highest BCUT2D eigenvalue weighted by atomic mass is 16.5. The molecule has 24 heavy (non-hydrogen) atoms. The van der Waals surface area contributed by atoms with E-state index in [0.717, 1.165) is 25.3 Å². The highest BCUT2D eigenvalue weighted by molar-refractivity contribution is 5.64. The highest BCUT2D eigenvalue weighted by Crippen LogP contribution is 2.41. The summed E-state index contributed by atoms with van der Waals surface area (Å²) in [6.07, 6.45) is 2.84. The quantitative estimate of drug-likeness (QED) is 0.614. The van der Waals surface area contributed by atoms with Crippen LogP contribution in [0.3, 0.4) is 0 Å². The minimum atomic E-state index is -0.387. The normalized spacial score (nSPS) is 20.2. The molecular formula is C21H26N2O. The lowest BCUT2D eigenvalue weighted by Crippen LogP contribution is -2.33. The van der Waals surface area contributed by atoms with Crippen molar-refractivity contribution >= 4 is 12.0 Å². The average Bonchev–Trinajstić information content (AvgIpc) is 2.61. The highest BCUT2D eigenvalue weighted by Gasteiger charge is 2.35. The second-order valence-electron chi connectivity index (χ2n) is 6.61. The van der Waals surface area contributed by atoms with Crippen LogP contribution >= 0.6 is 0 Å². The van der Waals surface area contributed by atoms with Gasteiger partial charge in [-0.05, 0) is 55.5 Å². The Bertz CT molecular complexity index is 739. The molecule has 0 unspecified atom stereocenters. The van der Waals surface area contributed by atoms with Crippen molar-refractivity contribution in [1.29, 1.82) is 0 Å². The number of hydrogen-bond acceptors (Lipinski definition) is 2. The fourth-order valence-corrected chi connectivity index (χ4v) is 3.21. The minimum Gasteiger partial charge on any atom is -0.366 e. The molecule has 2 aromatic carbocycles. The SMILES string of the molecule is CCN(C)C=Nc1cc2c(cc1C)[C@](C)(c1ccccc1)OCC2. The van der Waals surface area contributed by atoms with Crippen LogP contribution in [0.1, 0.15) is 36.1 Å². The number of aliphatic imine (C=N–C) groups is 1. The zero-order chi connectivity index (χ0) is 17.2. The van der Waals surface area contributed by atoms with Gasteiger partial charge in [-0.1, -0.05) is 36.4 Å². The molecule has 0 saturated heterocycles. The van der Waals surface area contributed by atoms with Crippen molar-refractivity contribution < 1.29 is 4.74 Å². The van der Waals surface area contributed by atoms with E-state index in [0.29, 0.717) is 0 Å². The lowest BCUT2D eigenvalue weighted by molar-refractivity contribution is -0.0141. The average molecular weight is 322 g/mol. The molecule has 0 radical (unpaired) electrons. The third kappa shape index (κ3) is 3.09. The van der Waals surface area contributed by atoms with Gasteiger partial charge in [0.2, 0.25) is 0 Å². The second kappa shape index (κ2) is 6.78. The molecule has 0 bridgehead atoms. The van der Waals surface area contributed by atoms with E-state index in [1.807, 2.05) is 19.5 Å². The molecule has 0 fully saturated rings. The van der Waals surface area contributed by atoms with Gasteiger partial charge < -0.3 is 9.64 Å². The van der Waals surface area contributed by atoms with Gasteiger partial charge in [0.1, 0.15) is 5.60 Å². The Labute approximate surface area is 145 Å². The summed E-state index contributed by atoms with van der Waals surface area (Å²) in [4.78, 5) is 6.74. The van der Waals surface area contributed by atoms with Crippen molar-refractivity contribution in [3.8, 4) is 0 Å². The van der Waals surface area contributed by atoms with Crippen molar-refractivity contribution in [2.45, 2.75) is 32.8 Å². The molecule has 1 heterocycles. The third-order valence-corrected chi connectivity index (χ3v) is 4.92. The van der Waals surface area contributed by atoms with Gasteiger partial charge in [-0.25, -0.2) is 4.99 Å². The molecule has 0 N–H and O–H groups in total. The molecule has 2 aromatic rings. The molecule has 3 nitrogen and oxygen atoms in total. The van der Waals surface area contributed by atoms with E-state index in [4.69, 9.17) is 4.74 Å². The van der Waals surface area contributed by atoms with Gasteiger partial charge >= 0.3 is 0 Å². The number of hydrogen-bond donors (Lipinski definition) is 0. The number of benzene rings is 2. The number of rotatable bonds is 4. The van der Waals surface area contributed by atoms with E-state index < -0.39 is 0 Å². The first kappa shape index (κ1) is 16.7. The Morgan fingerprint density at radius 2 is 2.00 bits per heavy atom. The molecular weight excluding hydrogens is 296 g/mol. The summed E-state index contributed by atoms with van der Waals surface area (Å²) in [5.74, 6) is 0. The number of ether oxygens (including phenoxy) is 1. The van der Waals surface area contributed by atoms with Crippen LogP contribution in [-0.2, 0) is 16.8 Å². The van der Waals surface area contributed by atoms with Gasteiger partial charge in [0.15, 0.2) is 0 Å². The smallest absolute Gasteiger partial charge is 0.116 e. The van der Waals surface area contributed by atoms with Crippen molar-refractivity contribution in [1.82, 2.24) is 4.90 Å². The molecule has 3 heteroatoms. The van der Waals surface area contributed by atoms with E-state index >= 15 is 0 Å². The Morgan fingerprint density at radius 3 is 2.71 bits per heavy atom. The lowest BCUT2D eigenvalue weighted by atomic mass is 9.81. The minimum absolute atomic E-state index is 0.387. The van der Waals surface area contributed by atoms with Gasteiger partial charge in [0.05, 0.1) is 18.6 Å². The molecule has 0 spiro atoms. The van der Waals surface area contributed by atoms with Gasteiger partial charge in [0.25, 0.3) is 0 Å². The number of nitrogens with zero attached hydrogens (tertiary/aromatic N) is 2. The maximum absolute atomic E-state index is 6.24. The Balaban J connectivity index is 2.04. The fraction of sp³-hybridized carbons (Fsp3) is 0.381. The maximum Gasteiger partial charge on any atom is 0.116 e. The van der Waals surface area contributed by atoms with Crippen LogP contribution in [0.15, 0.2) is 47.5 Å². The maximum atomic E-state index is 6.24. The zero-order valence-corrected chi connectivity index (χ0v) is 15.0. The van der Waals surface area contributed by atoms with Gasteiger partial charge in [-0.15, -0.1) is 0 Å². The molecule has 1 aliphatic rings. The topological polar surface area (TPSA) is 24.8 Å². The van der Waals surface area contributed by atoms with Crippen LogP contribution in [0, 0.1) is 6.92 Å². The summed E-state index contributed by atoms with van der Waals surface area (Å²) in [5, 5.41) is 0. The summed E-state index contributed by atoms with van der Waals surface area (Å²) >= 11 is 0. The molecule has 1 atom stereocenters. The van der Waals surface area contributed by atoms with Crippen molar-refractivity contribution in [3.63, 3.8) is 0 Å². The van der Waals surface area contributed by atoms with E-state index in [9.17, 15) is 0 Å². The summed E-state index contributed by atoms with van der Waals surface area (Å²) in [6, 6.07) is 15.0. The zero-order valence-electron chi connectivity index (χ0n) is 15.0. The monoisotopic (exact) mass is 322 g/mol. The van der Waals surface area contributed by atoms with E-state index in [-0.39, 0.29) is 5.60 Å². The standard InChI is InChI=1S/C21H26N2O/c1-5-23(4)15-22-20-14-17-11-12-24-21(3,19(17)13-16(20)2)18-9-7-6-8-10-18/h6-10,13-15H,5,11-12H2,1-4H3/t21-/m0/s1. The Hall–Kier alpha value is -2.13. The van der Waals surface area contributed by atoms with Crippen molar-refractivity contribution in [3.05, 3.63) is 64.7 Å². The largest absolute Gasteiger partial charge is 0.366 e. The predicted molar refractivity (Wildman–Crippen MR) is 100 cm³/mol. The van der Waals surface area contributed by atoms with E-state index in [2.05, 4.69) is 67.1 Å². The van der Waals surface area contributed by atoms with Crippen LogP contribution < -0.4 is 0 Å². The molecule has 0 amide bonds. The van der Waals surface area contributed by atoms with Gasteiger partial charge in [0, 0.05) is 13.6 Å². The molecule has 126 valence electrons. The van der Waals surface area contributed by atoms with Gasteiger partial charge in [-0.2, -0.15) is 0 Å². The third-order valence-electron chi connectivity index (χ3n) is 4.92. The summed E-state index contributed by atoms with van der Waals surface area (Å²) < 4.78 is 6.24. The number of aryl methyl sites for hydroxylation is 1. The Morgan fingerprint density at radius 1 is 1.25 bits per heavy atom. The first-order valence-corrected chi connectivity index (χ1v) is 8.62. The van der Waals surface area contributed by atoms with Crippen LogP contribution in [0.5, 0.6) is 0 Å². The summed E-state index contributed by atoms with van der Waals surface area (Å²) in [6.45, 7) is 8.10. The van der Waals surface area contributed by atoms with Crippen molar-refractivity contribution in [2.24, 2.45) is 4.99 Å². The predicted octanol–water partition coefficient (Wildman–Crippen LogP) is 4.44. The lowest BCUT2D eigenvalue weighted by Gasteiger charge is -2.37. The van der Waals surface area contributed by atoms with Crippen molar-refractivity contribution in [2.75, 3.05) is 20.2 Å². The fourth-order valence-electron chi connectivity index (χ4n) is 3.21. The molecule has 0 saturated carbocycles. The first-order valence-electron chi connectivity index (χ1n) is 8.62. The first-order chi connectivity index (χ1) is 11.5. The second-order valence-corrected chi connectivity index (χ2v) is 6.61. The van der Waals surface area contributed by atoms with Crippen LogP contribution in [0.2, 0.25) is 0 Å². The summed E-state index contributed by atoms with van der Waals surface area (Å²) in [7, 11) is 2.04. The van der Waals surface area contributed by atoms with Crippen LogP contribution in [-0.4, -0.2) is 31.4 Å².